The molecule has 2 aromatic carbocycles. The number of rotatable bonds is 5. The molecular weight excluding hydrogens is 554 g/mol. The number of likely N-dealkylation sites (tertiary alicyclic amines) is 1. The van der Waals surface area contributed by atoms with Gasteiger partial charge in [-0.05, 0) is 91.4 Å². The van der Waals surface area contributed by atoms with Gasteiger partial charge in [-0.25, -0.2) is 0 Å². The molecule has 0 bridgehead atoms. The topological polar surface area (TPSA) is 127 Å². The van der Waals surface area contributed by atoms with Crippen LogP contribution in [0.5, 0.6) is 5.75 Å². The van der Waals surface area contributed by atoms with E-state index < -0.39 is 23.8 Å². The van der Waals surface area contributed by atoms with Gasteiger partial charge in [0.05, 0.1) is 17.2 Å². The fourth-order valence-corrected chi connectivity index (χ4v) is 9.13. The van der Waals surface area contributed by atoms with Crippen LogP contribution in [-0.4, -0.2) is 70.0 Å². The van der Waals surface area contributed by atoms with E-state index in [1.165, 1.54) is 12.0 Å². The number of carbonyl (C=O) groups excluding carboxylic acids is 2. The molecule has 234 valence electrons. The fourth-order valence-electron chi connectivity index (χ4n) is 9.13. The van der Waals surface area contributed by atoms with Crippen LogP contribution in [0.15, 0.2) is 59.1 Å². The number of allylic oxidation sites excluding steroid dienone is 2. The quantitative estimate of drug-likeness (QED) is 0.371. The Labute approximate surface area is 259 Å². The van der Waals surface area contributed by atoms with E-state index >= 15 is 0 Å². The van der Waals surface area contributed by atoms with Crippen LogP contribution in [0.3, 0.4) is 0 Å². The van der Waals surface area contributed by atoms with Crippen molar-refractivity contribution in [3.8, 4) is 16.9 Å². The van der Waals surface area contributed by atoms with Gasteiger partial charge in [0.15, 0.2) is 5.78 Å². The molecule has 2 aromatic rings. The van der Waals surface area contributed by atoms with Crippen molar-refractivity contribution in [1.82, 2.24) is 9.80 Å². The maximum absolute atomic E-state index is 14.2. The number of carbonyl (C=O) groups is 2. The average Bonchev–Trinajstić information content (AvgIpc) is 2.92. The summed E-state index contributed by atoms with van der Waals surface area (Å²) in [5.41, 5.74) is 10.2. The summed E-state index contributed by atoms with van der Waals surface area (Å²) >= 11 is 0. The Balaban J connectivity index is 1.39. The van der Waals surface area contributed by atoms with Crippen LogP contribution in [-0.2, 0) is 17.8 Å². The Kier molecular flexibility index (Phi) is 7.87. The molecular formula is C36H45N3O5. The van der Waals surface area contributed by atoms with Gasteiger partial charge < -0.3 is 21.1 Å². The van der Waals surface area contributed by atoms with E-state index in [0.29, 0.717) is 30.3 Å². The molecule has 1 fully saturated rings. The number of aliphatic hydroxyl groups excluding tert-OH is 2. The number of nitrogens with zero attached hydrogens (tertiary/aromatic N) is 2. The molecule has 1 amide bonds. The van der Waals surface area contributed by atoms with Gasteiger partial charge in [-0.15, -0.1) is 0 Å². The molecule has 0 radical (unpaired) electrons. The summed E-state index contributed by atoms with van der Waals surface area (Å²) in [4.78, 5) is 31.0. The predicted molar refractivity (Wildman–Crippen MR) is 170 cm³/mol. The summed E-state index contributed by atoms with van der Waals surface area (Å²) in [6.45, 7) is 9.43. The van der Waals surface area contributed by atoms with Crippen molar-refractivity contribution in [2.75, 3.05) is 27.2 Å². The smallest absolute Gasteiger partial charge is 0.248 e. The van der Waals surface area contributed by atoms with Crippen molar-refractivity contribution in [2.24, 2.45) is 41.2 Å². The third kappa shape index (κ3) is 5.02. The number of aromatic hydroxyl groups is 1. The molecule has 1 saturated heterocycles. The Morgan fingerprint density at radius 3 is 2.36 bits per heavy atom. The number of likely N-dealkylation sites (N-methyl/N-ethyl adjacent to an activating group) is 1. The number of ketones is 1. The lowest BCUT2D eigenvalue weighted by Crippen LogP contribution is -2.52. The number of phenolic OH excluding ortho intramolecular Hbond substituents is 1. The summed E-state index contributed by atoms with van der Waals surface area (Å²) in [6.07, 6.45) is 2.27. The molecule has 1 heterocycles. The van der Waals surface area contributed by atoms with Gasteiger partial charge in [-0.3, -0.25) is 19.4 Å². The Hall–Kier alpha value is -3.62. The molecule has 0 aromatic heterocycles. The first kappa shape index (κ1) is 30.4. The molecule has 6 rings (SSSR count). The summed E-state index contributed by atoms with van der Waals surface area (Å²) in [5, 5.41) is 34.0. The van der Waals surface area contributed by atoms with Crippen LogP contribution >= 0.6 is 0 Å². The molecule has 1 aliphatic heterocycles. The summed E-state index contributed by atoms with van der Waals surface area (Å²) in [7, 11) is 3.66. The Bertz CT molecular complexity index is 1570. The van der Waals surface area contributed by atoms with Gasteiger partial charge in [-0.1, -0.05) is 45.0 Å². The highest BCUT2D eigenvalue weighted by molar-refractivity contribution is 6.14. The first-order valence-corrected chi connectivity index (χ1v) is 15.9. The molecule has 0 saturated carbocycles. The van der Waals surface area contributed by atoms with Crippen LogP contribution in [0.25, 0.3) is 11.1 Å². The lowest BCUT2D eigenvalue weighted by molar-refractivity contribution is -0.116. The highest BCUT2D eigenvalue weighted by atomic mass is 16.3. The SMILES string of the molecule is CC1CC(C)CN(Cc2cccc(-c3ccc(O)c4c3CC3CC5C(C(O)=C3C4=O)C(C)C(C(N)=O)=C(O)[C@H]5N(C)C)c2)C1. The number of primary amides is 1. The van der Waals surface area contributed by atoms with Crippen molar-refractivity contribution < 1.29 is 24.9 Å². The zero-order valence-electron chi connectivity index (χ0n) is 26.4. The highest BCUT2D eigenvalue weighted by Crippen LogP contribution is 2.54. The lowest BCUT2D eigenvalue weighted by atomic mass is 9.58. The zero-order valence-corrected chi connectivity index (χ0v) is 26.4. The average molecular weight is 600 g/mol. The third-order valence-corrected chi connectivity index (χ3v) is 10.6. The van der Waals surface area contributed by atoms with Gasteiger partial charge in [0, 0.05) is 37.0 Å². The number of piperidine rings is 1. The third-order valence-electron chi connectivity index (χ3n) is 10.6. The maximum atomic E-state index is 14.2. The minimum absolute atomic E-state index is 0.0516. The maximum Gasteiger partial charge on any atom is 0.248 e. The summed E-state index contributed by atoms with van der Waals surface area (Å²) in [6, 6.07) is 11.4. The Morgan fingerprint density at radius 2 is 1.70 bits per heavy atom. The number of benzene rings is 2. The van der Waals surface area contributed by atoms with E-state index in [0.717, 1.165) is 36.3 Å². The second-order valence-corrected chi connectivity index (χ2v) is 14.1. The lowest BCUT2D eigenvalue weighted by Gasteiger charge is -2.49. The highest BCUT2D eigenvalue weighted by Gasteiger charge is 2.53. The minimum Gasteiger partial charge on any atom is -0.512 e. The van der Waals surface area contributed by atoms with E-state index in [4.69, 9.17) is 5.73 Å². The molecule has 5 N–H and O–H groups in total. The second-order valence-electron chi connectivity index (χ2n) is 14.1. The number of nitrogens with two attached hydrogens (primary N) is 1. The van der Waals surface area contributed by atoms with Gasteiger partial charge in [-0.2, -0.15) is 0 Å². The molecule has 6 unspecified atom stereocenters. The second kappa shape index (κ2) is 11.4. The first-order valence-electron chi connectivity index (χ1n) is 15.9. The van der Waals surface area contributed by atoms with Crippen molar-refractivity contribution in [3.63, 3.8) is 0 Å². The number of hydrogen-bond acceptors (Lipinski definition) is 7. The number of Topliss-reactive ketones (excluding diaryl/α,β-unsaturated/α-hetero) is 1. The van der Waals surface area contributed by atoms with Gasteiger partial charge in [0.1, 0.15) is 17.3 Å². The fraction of sp³-hybridized carbons (Fsp3) is 0.500. The van der Waals surface area contributed by atoms with Gasteiger partial charge in [0.25, 0.3) is 0 Å². The molecule has 7 atom stereocenters. The molecule has 8 nitrogen and oxygen atoms in total. The van der Waals surface area contributed by atoms with E-state index in [1.807, 2.05) is 25.1 Å². The van der Waals surface area contributed by atoms with Crippen LogP contribution in [0.1, 0.15) is 55.1 Å². The molecule has 0 spiro atoms. The number of fused-ring (bicyclic) bond motifs is 3. The zero-order chi connectivity index (χ0) is 31.6. The van der Waals surface area contributed by atoms with Crippen LogP contribution in [0.4, 0.5) is 0 Å². The summed E-state index contributed by atoms with van der Waals surface area (Å²) in [5.74, 6) is -1.61. The molecule has 4 aliphatic rings. The van der Waals surface area contributed by atoms with Gasteiger partial charge >= 0.3 is 0 Å². The Morgan fingerprint density at radius 1 is 1.00 bits per heavy atom. The number of hydrogen-bond donors (Lipinski definition) is 4. The predicted octanol–water partition coefficient (Wildman–Crippen LogP) is 5.22. The van der Waals surface area contributed by atoms with E-state index in [2.05, 4.69) is 43.0 Å². The van der Waals surface area contributed by atoms with E-state index in [1.54, 1.807) is 13.0 Å². The van der Waals surface area contributed by atoms with Crippen molar-refractivity contribution in [1.29, 1.82) is 0 Å². The van der Waals surface area contributed by atoms with Crippen LogP contribution < -0.4 is 5.73 Å². The van der Waals surface area contributed by atoms with Crippen molar-refractivity contribution in [2.45, 2.75) is 52.6 Å². The van der Waals surface area contributed by atoms with E-state index in [-0.39, 0.29) is 46.0 Å². The number of aliphatic hydroxyl groups is 2. The van der Waals surface area contributed by atoms with Crippen molar-refractivity contribution >= 4 is 11.7 Å². The molecule has 8 heteroatoms. The molecule has 3 aliphatic carbocycles. The molecule has 44 heavy (non-hydrogen) atoms. The minimum atomic E-state index is -0.727. The van der Waals surface area contributed by atoms with E-state index in [9.17, 15) is 24.9 Å². The number of amides is 1. The monoisotopic (exact) mass is 599 g/mol. The normalized spacial score (nSPS) is 30.7. The standard InChI is InChI=1S/C36H45N3O5/c1-18-11-19(2)16-39(15-18)17-21-7-6-8-22(12-21)24-9-10-27(40)31-25(24)13-23-14-26-28(33(41)30(23)34(31)42)20(3)29(36(37)44)35(43)32(26)38(4)5/h6-10,12,18-20,23,26,28,32,40-41,43H,11,13-17H2,1-5H3,(H2,37,44)/t18?,19?,20?,23?,26?,28?,32-/m0/s1. The number of phenols is 1. The van der Waals surface area contributed by atoms with Gasteiger partial charge in [0.2, 0.25) is 5.91 Å². The van der Waals surface area contributed by atoms with Crippen LogP contribution in [0.2, 0.25) is 0 Å². The van der Waals surface area contributed by atoms with Crippen molar-refractivity contribution in [3.05, 3.63) is 75.8 Å². The summed E-state index contributed by atoms with van der Waals surface area (Å²) < 4.78 is 0. The van der Waals surface area contributed by atoms with Crippen LogP contribution in [0, 0.1) is 35.5 Å². The largest absolute Gasteiger partial charge is 0.512 e. The first-order chi connectivity index (χ1) is 20.9.